The first-order valence-electron chi connectivity index (χ1n) is 4.99. The molecule has 0 bridgehead atoms. The van der Waals surface area contributed by atoms with Crippen LogP contribution < -0.4 is 5.32 Å². The zero-order chi connectivity index (χ0) is 9.94. The molecule has 0 aromatic heterocycles. The second kappa shape index (κ2) is 13.5. The molecule has 0 saturated carbocycles. The first kappa shape index (κ1) is 16.9. The van der Waals surface area contributed by atoms with Crippen LogP contribution >= 0.6 is 0 Å². The summed E-state index contributed by atoms with van der Waals surface area (Å²) in [6, 6.07) is 0. The van der Waals surface area contributed by atoms with Crippen LogP contribution in [-0.2, 0) is 42.2 Å². The predicted octanol–water partition coefficient (Wildman–Crippen LogP) is 1.63. The first-order chi connectivity index (χ1) is 6.27. The molecule has 1 N–H and O–H groups in total. The van der Waals surface area contributed by atoms with Crippen molar-refractivity contribution in [3.05, 3.63) is 0 Å². The van der Waals surface area contributed by atoms with Crippen LogP contribution in [0.15, 0.2) is 0 Å². The molecule has 0 aliphatic heterocycles. The summed E-state index contributed by atoms with van der Waals surface area (Å²) in [7, 11) is 0. The fourth-order valence-electron chi connectivity index (χ4n) is 1.04. The van der Waals surface area contributed by atoms with Crippen molar-refractivity contribution >= 4 is 6.41 Å². The Kier molecular flexibility index (Phi) is 16.4. The molecular formula is C10H20NO2Y-. The van der Waals surface area contributed by atoms with Crippen molar-refractivity contribution in [2.45, 2.75) is 45.6 Å². The van der Waals surface area contributed by atoms with Crippen LogP contribution in [0.2, 0.25) is 0 Å². The Morgan fingerprint density at radius 2 is 1.86 bits per heavy atom. The third-order valence-electron chi connectivity index (χ3n) is 1.72. The van der Waals surface area contributed by atoms with Gasteiger partial charge in [-0.1, -0.05) is 12.8 Å². The molecule has 0 heterocycles. The zero-order valence-electron chi connectivity index (χ0n) is 9.21. The topological polar surface area (TPSA) is 38.3 Å². The summed E-state index contributed by atoms with van der Waals surface area (Å²) in [6.45, 7) is 5.69. The molecule has 0 unspecified atom stereocenters. The quantitative estimate of drug-likeness (QED) is 0.394. The van der Waals surface area contributed by atoms with Crippen molar-refractivity contribution in [3.8, 4) is 0 Å². The number of hydrogen-bond acceptors (Lipinski definition) is 2. The van der Waals surface area contributed by atoms with E-state index in [1.54, 1.807) is 6.41 Å². The van der Waals surface area contributed by atoms with Gasteiger partial charge in [0.1, 0.15) is 0 Å². The van der Waals surface area contributed by atoms with Gasteiger partial charge in [-0.3, -0.25) is 0 Å². The summed E-state index contributed by atoms with van der Waals surface area (Å²) in [4.78, 5) is 9.76. The summed E-state index contributed by atoms with van der Waals surface area (Å²) in [5, 5.41) is 2.52. The molecule has 0 aliphatic carbocycles. The molecule has 0 fully saturated rings. The molecule has 81 valence electrons. The van der Waals surface area contributed by atoms with E-state index in [1.165, 1.54) is 6.42 Å². The Balaban J connectivity index is 0. The Bertz CT molecular complexity index is 121. The van der Waals surface area contributed by atoms with E-state index in [0.29, 0.717) is 6.10 Å². The van der Waals surface area contributed by atoms with Gasteiger partial charge in [0.25, 0.3) is 0 Å². The van der Waals surface area contributed by atoms with Crippen molar-refractivity contribution in [1.82, 2.24) is 5.32 Å². The van der Waals surface area contributed by atoms with Crippen molar-refractivity contribution < 1.29 is 42.2 Å². The van der Waals surface area contributed by atoms with Gasteiger partial charge in [-0.15, -0.1) is 0 Å². The standard InChI is InChI=1S/C10H20NO2.Y/c1-10(2)13-8-6-4-3-5-7-11-9-12;/h10H,3-8H2,1-2H3,(H,11,12);/q-1;. The summed E-state index contributed by atoms with van der Waals surface area (Å²) >= 11 is 0. The Hall–Kier alpha value is 0.534. The molecule has 0 atom stereocenters. The second-order valence-corrected chi connectivity index (χ2v) is 3.36. The largest absolute Gasteiger partial charge is 0.530 e. The number of ether oxygens (including phenoxy) is 1. The van der Waals surface area contributed by atoms with Crippen LogP contribution in [0.1, 0.15) is 39.5 Å². The Morgan fingerprint density at radius 1 is 1.21 bits per heavy atom. The SMILES string of the molecule is CC(C)OCCCCCCN[C-]=O.[Y]. The summed E-state index contributed by atoms with van der Waals surface area (Å²) < 4.78 is 5.39. The smallest absolute Gasteiger partial charge is 0.0518 e. The third kappa shape index (κ3) is 15.0. The van der Waals surface area contributed by atoms with E-state index in [4.69, 9.17) is 4.74 Å². The Morgan fingerprint density at radius 3 is 2.43 bits per heavy atom. The van der Waals surface area contributed by atoms with Gasteiger partial charge in [0.15, 0.2) is 0 Å². The van der Waals surface area contributed by atoms with Crippen LogP contribution in [0.25, 0.3) is 0 Å². The molecular weight excluding hydrogens is 255 g/mol. The minimum atomic E-state index is 0. The van der Waals surface area contributed by atoms with E-state index in [9.17, 15) is 4.79 Å². The third-order valence-corrected chi connectivity index (χ3v) is 1.72. The average molecular weight is 275 g/mol. The van der Waals surface area contributed by atoms with E-state index < -0.39 is 0 Å². The van der Waals surface area contributed by atoms with Crippen LogP contribution in [0, 0.1) is 0 Å². The molecule has 1 amide bonds. The van der Waals surface area contributed by atoms with Crippen molar-refractivity contribution in [2.75, 3.05) is 13.2 Å². The molecule has 0 aromatic carbocycles. The van der Waals surface area contributed by atoms with Gasteiger partial charge < -0.3 is 14.8 Å². The number of amides is 1. The molecule has 0 aromatic rings. The molecule has 4 heteroatoms. The van der Waals surface area contributed by atoms with E-state index >= 15 is 0 Å². The van der Waals surface area contributed by atoms with Gasteiger partial charge >= 0.3 is 0 Å². The molecule has 14 heavy (non-hydrogen) atoms. The number of hydrogen-bond donors (Lipinski definition) is 1. The predicted molar refractivity (Wildman–Crippen MR) is 53.3 cm³/mol. The van der Waals surface area contributed by atoms with E-state index in [2.05, 4.69) is 5.32 Å². The van der Waals surface area contributed by atoms with Gasteiger partial charge in [-0.25, -0.2) is 0 Å². The molecule has 3 nitrogen and oxygen atoms in total. The van der Waals surface area contributed by atoms with E-state index in [0.717, 1.165) is 32.4 Å². The number of carbonyl (C=O) groups excluding carboxylic acids is 1. The Labute approximate surface area is 112 Å². The van der Waals surface area contributed by atoms with Gasteiger partial charge in [0.2, 0.25) is 0 Å². The number of rotatable bonds is 9. The average Bonchev–Trinajstić information content (AvgIpc) is 2.09. The van der Waals surface area contributed by atoms with Crippen molar-refractivity contribution in [2.24, 2.45) is 0 Å². The maximum absolute atomic E-state index is 9.76. The van der Waals surface area contributed by atoms with Crippen LogP contribution in [0.5, 0.6) is 0 Å². The normalized spacial score (nSPS) is 9.64. The molecule has 0 aliphatic rings. The minimum absolute atomic E-state index is 0. The molecule has 0 saturated heterocycles. The number of unbranched alkanes of at least 4 members (excludes halogenated alkanes) is 3. The monoisotopic (exact) mass is 275 g/mol. The second-order valence-electron chi connectivity index (χ2n) is 3.36. The first-order valence-corrected chi connectivity index (χ1v) is 4.99. The van der Waals surface area contributed by atoms with Gasteiger partial charge in [0.05, 0.1) is 6.10 Å². The fourth-order valence-corrected chi connectivity index (χ4v) is 1.04. The maximum Gasteiger partial charge on any atom is 0.0518 e. The van der Waals surface area contributed by atoms with Gasteiger partial charge in [0, 0.05) is 39.3 Å². The maximum atomic E-state index is 9.76. The van der Waals surface area contributed by atoms with Crippen LogP contribution in [0.3, 0.4) is 0 Å². The van der Waals surface area contributed by atoms with Crippen LogP contribution in [0.4, 0.5) is 0 Å². The minimum Gasteiger partial charge on any atom is -0.530 e. The summed E-state index contributed by atoms with van der Waals surface area (Å²) in [5.74, 6) is 0. The fraction of sp³-hybridized carbons (Fsp3) is 0.900. The van der Waals surface area contributed by atoms with E-state index in [-0.39, 0.29) is 32.7 Å². The molecule has 0 rings (SSSR count). The van der Waals surface area contributed by atoms with Crippen molar-refractivity contribution in [1.29, 1.82) is 0 Å². The zero-order valence-corrected chi connectivity index (χ0v) is 12.1. The van der Waals surface area contributed by atoms with E-state index in [1.807, 2.05) is 13.8 Å². The summed E-state index contributed by atoms with van der Waals surface area (Å²) in [5.41, 5.74) is 0. The van der Waals surface area contributed by atoms with Gasteiger partial charge in [-0.05, 0) is 33.2 Å². The summed E-state index contributed by atoms with van der Waals surface area (Å²) in [6.07, 6.45) is 6.47. The van der Waals surface area contributed by atoms with Crippen molar-refractivity contribution in [3.63, 3.8) is 0 Å². The molecule has 0 spiro atoms. The number of nitrogens with one attached hydrogen (secondary N) is 1. The molecule has 1 radical (unpaired) electrons. The van der Waals surface area contributed by atoms with Gasteiger partial charge in [-0.2, -0.15) is 6.41 Å². The van der Waals surface area contributed by atoms with Crippen LogP contribution in [-0.4, -0.2) is 25.7 Å².